The Kier molecular flexibility index (Phi) is 10.4. The van der Waals surface area contributed by atoms with Gasteiger partial charge in [-0.05, 0) is 99.5 Å². The molecule has 0 radical (unpaired) electrons. The number of hydrogen-bond donors (Lipinski definition) is 1. The van der Waals surface area contributed by atoms with Crippen LogP contribution in [-0.2, 0) is 6.42 Å². The summed E-state index contributed by atoms with van der Waals surface area (Å²) in [5, 5.41) is 0. The second kappa shape index (κ2) is 13.0. The third kappa shape index (κ3) is 9.67. The van der Waals surface area contributed by atoms with Crippen molar-refractivity contribution in [3.63, 3.8) is 0 Å². The topological polar surface area (TPSA) is 26.0 Å². The second-order valence-corrected chi connectivity index (χ2v) is 9.62. The van der Waals surface area contributed by atoms with Gasteiger partial charge in [-0.15, -0.1) is 0 Å². The van der Waals surface area contributed by atoms with E-state index in [0.29, 0.717) is 0 Å². The van der Waals surface area contributed by atoms with Crippen molar-refractivity contribution in [1.82, 2.24) is 0 Å². The molecule has 1 nitrogen and oxygen atoms in total. The predicted molar refractivity (Wildman–Crippen MR) is 149 cm³/mol. The van der Waals surface area contributed by atoms with Crippen LogP contribution in [0.1, 0.15) is 44.5 Å². The Morgan fingerprint density at radius 2 is 1.12 bits per heavy atom. The average molecular weight is 503 g/mol. The zero-order chi connectivity index (χ0) is 24.4. The van der Waals surface area contributed by atoms with Gasteiger partial charge in [0.15, 0.2) is 0 Å². The molecular weight excluding hydrogens is 466 g/mol. The lowest BCUT2D eigenvalue weighted by molar-refractivity contribution is 1.14. The molecule has 0 aliphatic heterocycles. The SMILES string of the molecule is Cc1ccc(C)c(Br)c1.Cc1cccc(Cc2cc(C)ccc2C)c1.Cc1cccc(N)c1. The Morgan fingerprint density at radius 1 is 0.576 bits per heavy atom. The first-order valence-corrected chi connectivity index (χ1v) is 12.1. The third-order valence-corrected chi connectivity index (χ3v) is 6.21. The highest BCUT2D eigenvalue weighted by Crippen LogP contribution is 2.17. The number of nitrogen functional groups attached to an aromatic ring is 1. The van der Waals surface area contributed by atoms with Crippen LogP contribution in [0.25, 0.3) is 0 Å². The Bertz CT molecular complexity index is 1160. The summed E-state index contributed by atoms with van der Waals surface area (Å²) in [7, 11) is 0. The van der Waals surface area contributed by atoms with Crippen LogP contribution in [0.5, 0.6) is 0 Å². The molecule has 2 heteroatoms. The number of aryl methyl sites for hydroxylation is 6. The van der Waals surface area contributed by atoms with Crippen LogP contribution in [0.4, 0.5) is 5.69 Å². The molecule has 0 atom stereocenters. The second-order valence-electron chi connectivity index (χ2n) is 8.76. The molecule has 4 rings (SSSR count). The van der Waals surface area contributed by atoms with Crippen LogP contribution >= 0.6 is 15.9 Å². The molecule has 0 saturated heterocycles. The maximum Gasteiger partial charge on any atom is 0.0316 e. The van der Waals surface area contributed by atoms with Gasteiger partial charge in [-0.2, -0.15) is 0 Å². The first-order valence-electron chi connectivity index (χ1n) is 11.3. The van der Waals surface area contributed by atoms with Crippen LogP contribution in [0.3, 0.4) is 0 Å². The standard InChI is InChI=1S/C16H18.C8H9Br.C7H9N/c1-12-5-4-6-15(9-12)11-16-10-13(2)7-8-14(16)3;1-6-3-4-7(2)8(9)5-6;1-6-3-2-4-7(8)5-6/h4-10H,11H2,1-3H3;3-5H,1-2H3;2-5H,8H2,1H3. The maximum atomic E-state index is 5.46. The first kappa shape index (κ1) is 26.4. The van der Waals surface area contributed by atoms with E-state index in [4.69, 9.17) is 5.73 Å². The van der Waals surface area contributed by atoms with Crippen molar-refractivity contribution in [2.24, 2.45) is 0 Å². The van der Waals surface area contributed by atoms with Crippen molar-refractivity contribution in [3.05, 3.63) is 134 Å². The van der Waals surface area contributed by atoms with Gasteiger partial charge in [0.25, 0.3) is 0 Å². The van der Waals surface area contributed by atoms with Crippen LogP contribution in [0, 0.1) is 41.5 Å². The highest BCUT2D eigenvalue weighted by molar-refractivity contribution is 9.10. The van der Waals surface area contributed by atoms with Crippen LogP contribution in [0.2, 0.25) is 0 Å². The van der Waals surface area contributed by atoms with E-state index in [1.165, 1.54) is 49.0 Å². The van der Waals surface area contributed by atoms with Gasteiger partial charge in [0.05, 0.1) is 0 Å². The lowest BCUT2D eigenvalue weighted by Crippen LogP contribution is -1.93. The van der Waals surface area contributed by atoms with E-state index in [1.54, 1.807) is 0 Å². The molecule has 0 aliphatic carbocycles. The van der Waals surface area contributed by atoms with Gasteiger partial charge in [0, 0.05) is 10.2 Å². The van der Waals surface area contributed by atoms with Gasteiger partial charge < -0.3 is 5.73 Å². The lowest BCUT2D eigenvalue weighted by atomic mass is 9.98. The van der Waals surface area contributed by atoms with Crippen LogP contribution in [0.15, 0.2) is 89.4 Å². The summed E-state index contributed by atoms with van der Waals surface area (Å²) < 4.78 is 1.20. The number of anilines is 1. The minimum absolute atomic E-state index is 0.838. The molecule has 4 aromatic rings. The van der Waals surface area contributed by atoms with Gasteiger partial charge in [-0.1, -0.05) is 93.8 Å². The summed E-state index contributed by atoms with van der Waals surface area (Å²) in [5.41, 5.74) is 17.0. The molecule has 0 fully saturated rings. The molecule has 172 valence electrons. The van der Waals surface area contributed by atoms with Crippen molar-refractivity contribution in [2.45, 2.75) is 48.0 Å². The van der Waals surface area contributed by atoms with E-state index in [0.717, 1.165) is 12.1 Å². The molecule has 33 heavy (non-hydrogen) atoms. The third-order valence-electron chi connectivity index (χ3n) is 5.35. The molecule has 0 spiro atoms. The summed E-state index contributed by atoms with van der Waals surface area (Å²) in [6.07, 6.45) is 1.04. The smallest absolute Gasteiger partial charge is 0.0316 e. The highest BCUT2D eigenvalue weighted by atomic mass is 79.9. The zero-order valence-corrected chi connectivity index (χ0v) is 22.3. The molecule has 0 amide bonds. The number of benzene rings is 4. The molecule has 0 unspecified atom stereocenters. The molecule has 0 heterocycles. The Balaban J connectivity index is 0.000000192. The number of halogens is 1. The highest BCUT2D eigenvalue weighted by Gasteiger charge is 2.01. The van der Waals surface area contributed by atoms with Crippen LogP contribution in [-0.4, -0.2) is 0 Å². The quantitative estimate of drug-likeness (QED) is 0.272. The molecule has 0 saturated carbocycles. The van der Waals surface area contributed by atoms with Crippen molar-refractivity contribution in [2.75, 3.05) is 5.73 Å². The van der Waals surface area contributed by atoms with Crippen molar-refractivity contribution in [1.29, 1.82) is 0 Å². The van der Waals surface area contributed by atoms with E-state index in [2.05, 4.69) is 111 Å². The molecule has 2 N–H and O–H groups in total. The van der Waals surface area contributed by atoms with Crippen molar-refractivity contribution < 1.29 is 0 Å². The van der Waals surface area contributed by atoms with Gasteiger partial charge in [-0.3, -0.25) is 0 Å². The summed E-state index contributed by atoms with van der Waals surface area (Å²) >= 11 is 3.45. The average Bonchev–Trinajstić information content (AvgIpc) is 2.74. The van der Waals surface area contributed by atoms with E-state index in [-0.39, 0.29) is 0 Å². The fourth-order valence-corrected chi connectivity index (χ4v) is 3.89. The van der Waals surface area contributed by atoms with Gasteiger partial charge in [0.1, 0.15) is 0 Å². The van der Waals surface area contributed by atoms with E-state index < -0.39 is 0 Å². The Morgan fingerprint density at radius 3 is 1.64 bits per heavy atom. The number of nitrogens with two attached hydrogens (primary N) is 1. The van der Waals surface area contributed by atoms with Gasteiger partial charge >= 0.3 is 0 Å². The van der Waals surface area contributed by atoms with E-state index in [1.807, 2.05) is 31.2 Å². The van der Waals surface area contributed by atoms with Gasteiger partial charge in [0.2, 0.25) is 0 Å². The number of hydrogen-bond acceptors (Lipinski definition) is 1. The largest absolute Gasteiger partial charge is 0.399 e. The predicted octanol–water partition coefficient (Wildman–Crippen LogP) is 8.85. The van der Waals surface area contributed by atoms with Crippen LogP contribution < -0.4 is 5.73 Å². The van der Waals surface area contributed by atoms with E-state index >= 15 is 0 Å². The summed E-state index contributed by atoms with van der Waals surface area (Å²) in [4.78, 5) is 0. The zero-order valence-electron chi connectivity index (χ0n) is 20.7. The molecule has 0 aromatic heterocycles. The maximum absolute atomic E-state index is 5.46. The normalized spacial score (nSPS) is 9.91. The van der Waals surface area contributed by atoms with E-state index in [9.17, 15) is 0 Å². The Hall–Kier alpha value is -2.84. The first-order chi connectivity index (χ1) is 15.6. The summed E-state index contributed by atoms with van der Waals surface area (Å²) in [5.74, 6) is 0. The minimum Gasteiger partial charge on any atom is -0.399 e. The molecule has 0 bridgehead atoms. The minimum atomic E-state index is 0.838. The fraction of sp³-hybridized carbons (Fsp3) is 0.226. The molecule has 4 aromatic carbocycles. The lowest BCUT2D eigenvalue weighted by Gasteiger charge is -2.07. The fourth-order valence-electron chi connectivity index (χ4n) is 3.40. The van der Waals surface area contributed by atoms with Gasteiger partial charge in [-0.25, -0.2) is 0 Å². The van der Waals surface area contributed by atoms with Crippen molar-refractivity contribution in [3.8, 4) is 0 Å². The summed E-state index contributed by atoms with van der Waals surface area (Å²) in [6, 6.07) is 29.6. The monoisotopic (exact) mass is 501 g/mol. The summed E-state index contributed by atoms with van der Waals surface area (Å²) in [6.45, 7) is 12.7. The molecular formula is C31H36BrN. The molecule has 0 aliphatic rings. The van der Waals surface area contributed by atoms with Crippen molar-refractivity contribution >= 4 is 21.6 Å². The Labute approximate surface area is 208 Å². The number of rotatable bonds is 2.